The average molecular weight is 327 g/mol. The van der Waals surface area contributed by atoms with Crippen LogP contribution in [-0.4, -0.2) is 22.3 Å². The van der Waals surface area contributed by atoms with Gasteiger partial charge in [0.2, 0.25) is 0 Å². The van der Waals surface area contributed by atoms with Crippen LogP contribution in [0.2, 0.25) is 0 Å². The van der Waals surface area contributed by atoms with E-state index in [4.69, 9.17) is 5.11 Å². The molecule has 3 atom stereocenters. The Morgan fingerprint density at radius 1 is 0.913 bits per heavy atom. The van der Waals surface area contributed by atoms with Crippen molar-refractivity contribution in [2.45, 2.75) is 109 Å². The summed E-state index contributed by atoms with van der Waals surface area (Å²) in [5, 5.41) is 17.9. The second kappa shape index (κ2) is 12.8. The molecule has 0 aromatic heterocycles. The van der Waals surface area contributed by atoms with Crippen molar-refractivity contribution in [1.29, 1.82) is 0 Å². The highest BCUT2D eigenvalue weighted by Crippen LogP contribution is 2.38. The Hall–Kier alpha value is -0.570. The van der Waals surface area contributed by atoms with Crippen LogP contribution in [0.4, 0.5) is 0 Å². The Balaban J connectivity index is 2.03. The van der Waals surface area contributed by atoms with Crippen LogP contribution >= 0.6 is 0 Å². The van der Waals surface area contributed by atoms with Crippen LogP contribution in [0.5, 0.6) is 0 Å². The van der Waals surface area contributed by atoms with E-state index >= 15 is 0 Å². The molecule has 1 aliphatic rings. The van der Waals surface area contributed by atoms with E-state index < -0.39 is 12.1 Å². The molecule has 1 fully saturated rings. The number of hydrogen-bond donors (Lipinski definition) is 2. The first-order chi connectivity index (χ1) is 11.1. The zero-order valence-corrected chi connectivity index (χ0v) is 15.1. The molecule has 3 nitrogen and oxygen atoms in total. The number of carbonyl (C=O) groups is 1. The first-order valence-electron chi connectivity index (χ1n) is 10.1. The van der Waals surface area contributed by atoms with Gasteiger partial charge in [0.15, 0.2) is 6.10 Å². The van der Waals surface area contributed by atoms with Crippen LogP contribution < -0.4 is 0 Å². The smallest absolute Gasteiger partial charge is 0.332 e. The molecule has 0 amide bonds. The van der Waals surface area contributed by atoms with Gasteiger partial charge in [-0.2, -0.15) is 0 Å². The largest absolute Gasteiger partial charge is 0.479 e. The van der Waals surface area contributed by atoms with E-state index in [2.05, 4.69) is 6.92 Å². The maximum atomic E-state index is 10.5. The number of carboxylic acids is 1. The van der Waals surface area contributed by atoms with Crippen LogP contribution in [-0.2, 0) is 4.79 Å². The Labute approximate surface area is 142 Å². The standard InChI is InChI=1S/C20H38O3/c1-2-3-4-5-6-8-12-17-14-11-15-18(17)13-9-7-10-16-19(21)20(22)23/h17-19,21H,2-16H2,1H3,(H,22,23)/t17-,18-,19+/m0/s1. The van der Waals surface area contributed by atoms with Crippen LogP contribution in [0.3, 0.4) is 0 Å². The third-order valence-electron chi connectivity index (χ3n) is 5.58. The predicted octanol–water partition coefficient (Wildman–Crippen LogP) is 5.55. The highest BCUT2D eigenvalue weighted by atomic mass is 16.4. The maximum Gasteiger partial charge on any atom is 0.332 e. The summed E-state index contributed by atoms with van der Waals surface area (Å²) in [6.45, 7) is 2.27. The van der Waals surface area contributed by atoms with Crippen molar-refractivity contribution in [2.24, 2.45) is 11.8 Å². The van der Waals surface area contributed by atoms with E-state index in [1.165, 1.54) is 77.0 Å². The number of aliphatic carboxylic acids is 1. The molecule has 0 aliphatic heterocycles. The van der Waals surface area contributed by atoms with E-state index in [9.17, 15) is 9.90 Å². The first kappa shape index (κ1) is 20.5. The van der Waals surface area contributed by atoms with Gasteiger partial charge in [-0.05, 0) is 18.3 Å². The van der Waals surface area contributed by atoms with Gasteiger partial charge in [-0.3, -0.25) is 0 Å². The van der Waals surface area contributed by atoms with Gasteiger partial charge in [0.05, 0.1) is 0 Å². The van der Waals surface area contributed by atoms with Gasteiger partial charge in [0, 0.05) is 0 Å². The van der Waals surface area contributed by atoms with Gasteiger partial charge in [-0.15, -0.1) is 0 Å². The van der Waals surface area contributed by atoms with Crippen molar-refractivity contribution in [3.8, 4) is 0 Å². The zero-order chi connectivity index (χ0) is 16.9. The molecule has 23 heavy (non-hydrogen) atoms. The molecule has 0 aromatic rings. The lowest BCUT2D eigenvalue weighted by Crippen LogP contribution is -2.18. The summed E-state index contributed by atoms with van der Waals surface area (Å²) in [6.07, 6.45) is 17.7. The average Bonchev–Trinajstić information content (AvgIpc) is 2.97. The van der Waals surface area contributed by atoms with E-state index in [1.807, 2.05) is 0 Å². The quantitative estimate of drug-likeness (QED) is 0.411. The fourth-order valence-electron chi connectivity index (χ4n) is 4.11. The lowest BCUT2D eigenvalue weighted by molar-refractivity contribution is -0.146. The van der Waals surface area contributed by atoms with Crippen LogP contribution in [0.1, 0.15) is 103 Å². The lowest BCUT2D eigenvalue weighted by Gasteiger charge is -2.19. The monoisotopic (exact) mass is 326 g/mol. The molecule has 3 heteroatoms. The topological polar surface area (TPSA) is 57.5 Å². The Kier molecular flexibility index (Phi) is 11.4. The molecule has 0 spiro atoms. The molecule has 0 saturated heterocycles. The van der Waals surface area contributed by atoms with E-state index in [-0.39, 0.29) is 0 Å². The molecular weight excluding hydrogens is 288 g/mol. The summed E-state index contributed by atoms with van der Waals surface area (Å²) < 4.78 is 0. The van der Waals surface area contributed by atoms with Gasteiger partial charge in [-0.25, -0.2) is 4.79 Å². The van der Waals surface area contributed by atoms with E-state index in [0.717, 1.165) is 24.7 Å². The van der Waals surface area contributed by atoms with Crippen molar-refractivity contribution in [3.05, 3.63) is 0 Å². The Bertz CT molecular complexity index is 303. The summed E-state index contributed by atoms with van der Waals surface area (Å²) in [4.78, 5) is 10.5. The molecule has 136 valence electrons. The molecule has 0 bridgehead atoms. The van der Waals surface area contributed by atoms with Gasteiger partial charge in [0.25, 0.3) is 0 Å². The number of unbranched alkanes of at least 4 members (excludes halogenated alkanes) is 7. The van der Waals surface area contributed by atoms with E-state index in [1.54, 1.807) is 0 Å². The van der Waals surface area contributed by atoms with Gasteiger partial charge in [-0.1, -0.05) is 96.8 Å². The Morgan fingerprint density at radius 2 is 1.43 bits per heavy atom. The Morgan fingerprint density at radius 3 is 2.00 bits per heavy atom. The molecule has 0 radical (unpaired) electrons. The zero-order valence-electron chi connectivity index (χ0n) is 15.1. The highest BCUT2D eigenvalue weighted by molar-refractivity contribution is 5.71. The molecule has 0 aromatic carbocycles. The fraction of sp³-hybridized carbons (Fsp3) is 0.950. The normalized spacial score (nSPS) is 22.3. The lowest BCUT2D eigenvalue weighted by atomic mass is 9.86. The predicted molar refractivity (Wildman–Crippen MR) is 95.6 cm³/mol. The summed E-state index contributed by atoms with van der Waals surface area (Å²) in [5.41, 5.74) is 0. The molecule has 0 heterocycles. The minimum Gasteiger partial charge on any atom is -0.479 e. The summed E-state index contributed by atoms with van der Waals surface area (Å²) in [7, 11) is 0. The number of aliphatic hydroxyl groups excluding tert-OH is 1. The number of rotatable bonds is 14. The summed E-state index contributed by atoms with van der Waals surface area (Å²) in [5.74, 6) is 0.778. The summed E-state index contributed by atoms with van der Waals surface area (Å²) in [6, 6.07) is 0. The number of aliphatic hydroxyl groups is 1. The second-order valence-electron chi connectivity index (χ2n) is 7.50. The molecular formula is C20H38O3. The fourth-order valence-corrected chi connectivity index (χ4v) is 4.11. The van der Waals surface area contributed by atoms with Crippen LogP contribution in [0, 0.1) is 11.8 Å². The molecule has 1 aliphatic carbocycles. The van der Waals surface area contributed by atoms with Crippen molar-refractivity contribution in [2.75, 3.05) is 0 Å². The molecule has 2 N–H and O–H groups in total. The van der Waals surface area contributed by atoms with Crippen molar-refractivity contribution in [3.63, 3.8) is 0 Å². The molecule has 0 unspecified atom stereocenters. The van der Waals surface area contributed by atoms with Gasteiger partial charge < -0.3 is 10.2 Å². The second-order valence-corrected chi connectivity index (χ2v) is 7.50. The number of carboxylic acid groups (broad SMARTS) is 1. The SMILES string of the molecule is CCCCCCCC[C@H]1CCC[C@@H]1CCCCC[C@@H](O)C(=O)O. The van der Waals surface area contributed by atoms with Crippen molar-refractivity contribution < 1.29 is 15.0 Å². The first-order valence-corrected chi connectivity index (χ1v) is 10.1. The minimum atomic E-state index is -1.16. The van der Waals surface area contributed by atoms with E-state index in [0.29, 0.717) is 6.42 Å². The van der Waals surface area contributed by atoms with Gasteiger partial charge >= 0.3 is 5.97 Å². The third-order valence-corrected chi connectivity index (χ3v) is 5.58. The molecule has 1 rings (SSSR count). The van der Waals surface area contributed by atoms with Gasteiger partial charge in [0.1, 0.15) is 0 Å². The highest BCUT2D eigenvalue weighted by Gasteiger charge is 2.26. The summed E-state index contributed by atoms with van der Waals surface area (Å²) >= 11 is 0. The van der Waals surface area contributed by atoms with Crippen molar-refractivity contribution in [1.82, 2.24) is 0 Å². The maximum absolute atomic E-state index is 10.5. The third kappa shape index (κ3) is 9.34. The molecule has 1 saturated carbocycles. The minimum absolute atomic E-state index is 0.404. The number of hydrogen-bond acceptors (Lipinski definition) is 2. The van der Waals surface area contributed by atoms with Crippen molar-refractivity contribution >= 4 is 5.97 Å². The van der Waals surface area contributed by atoms with Crippen LogP contribution in [0.15, 0.2) is 0 Å². The van der Waals surface area contributed by atoms with Crippen LogP contribution in [0.25, 0.3) is 0 Å².